The Morgan fingerprint density at radius 2 is 1.24 bits per heavy atom. The summed E-state index contributed by atoms with van der Waals surface area (Å²) in [5, 5.41) is 8.99. The molecule has 0 radical (unpaired) electrons. The minimum absolute atomic E-state index is 0.0686. The normalized spacial score (nSPS) is 11.6. The maximum absolute atomic E-state index is 11.0. The molecule has 2 rings (SSSR count). The second-order valence-corrected chi connectivity index (χ2v) is 10.3. The molecule has 184 valence electrons. The van der Waals surface area contributed by atoms with Gasteiger partial charge in [0.25, 0.3) is 0 Å². The van der Waals surface area contributed by atoms with Gasteiger partial charge < -0.3 is 19.5 Å². The molecular weight excluding hydrogens is 414 g/mol. The van der Waals surface area contributed by atoms with Gasteiger partial charge in [0, 0.05) is 17.7 Å². The van der Waals surface area contributed by atoms with Crippen LogP contribution in [0.3, 0.4) is 0 Å². The van der Waals surface area contributed by atoms with Gasteiger partial charge in [0.1, 0.15) is 18.1 Å². The molecule has 5 nitrogen and oxygen atoms in total. The molecule has 0 aliphatic carbocycles. The van der Waals surface area contributed by atoms with E-state index in [0.717, 1.165) is 34.5 Å². The van der Waals surface area contributed by atoms with E-state index in [0.29, 0.717) is 12.4 Å². The highest BCUT2D eigenvalue weighted by atomic mass is 16.5. The van der Waals surface area contributed by atoms with Crippen molar-refractivity contribution in [3.8, 4) is 22.6 Å². The van der Waals surface area contributed by atoms with Crippen LogP contribution in [-0.4, -0.2) is 49.8 Å². The van der Waals surface area contributed by atoms with Crippen molar-refractivity contribution in [3.63, 3.8) is 0 Å². The van der Waals surface area contributed by atoms with Crippen molar-refractivity contribution in [2.24, 2.45) is 0 Å². The van der Waals surface area contributed by atoms with E-state index in [4.69, 9.17) is 14.6 Å². The number of rotatable bonds is 8. The zero-order chi connectivity index (χ0) is 25.4. The summed E-state index contributed by atoms with van der Waals surface area (Å²) in [5.74, 6) is 0.539. The molecule has 0 unspecified atom stereocenters. The molecule has 0 fully saturated rings. The Labute approximate surface area is 200 Å². The number of carbonyl (C=O) groups is 1. The molecule has 0 aromatic heterocycles. The average molecular weight is 458 g/mol. The number of likely N-dealkylation sites (N-methyl/N-ethyl adjacent to an activating group) is 1. The molecular formula is C28H43NO4. The van der Waals surface area contributed by atoms with Gasteiger partial charge in [-0.05, 0) is 60.3 Å². The van der Waals surface area contributed by atoms with Gasteiger partial charge in [-0.2, -0.15) is 0 Å². The monoisotopic (exact) mass is 457 g/mol. The number of ether oxygens (including phenoxy) is 2. The van der Waals surface area contributed by atoms with Crippen LogP contribution in [0.5, 0.6) is 11.5 Å². The van der Waals surface area contributed by atoms with Crippen molar-refractivity contribution in [1.82, 2.24) is 4.90 Å². The lowest BCUT2D eigenvalue weighted by atomic mass is 9.82. The van der Waals surface area contributed by atoms with Crippen molar-refractivity contribution >= 4 is 5.97 Å². The van der Waals surface area contributed by atoms with E-state index in [9.17, 15) is 4.79 Å². The lowest BCUT2D eigenvalue weighted by Crippen LogP contribution is -2.21. The van der Waals surface area contributed by atoms with Crippen LogP contribution in [0, 0.1) is 0 Å². The van der Waals surface area contributed by atoms with Crippen molar-refractivity contribution in [2.45, 2.75) is 66.2 Å². The molecule has 2 aromatic carbocycles. The van der Waals surface area contributed by atoms with E-state index in [1.165, 1.54) is 0 Å². The molecule has 0 saturated carbocycles. The van der Waals surface area contributed by atoms with Crippen molar-refractivity contribution in [3.05, 3.63) is 47.5 Å². The van der Waals surface area contributed by atoms with E-state index < -0.39 is 5.97 Å². The fraction of sp³-hybridized carbons (Fsp3) is 0.536. The lowest BCUT2D eigenvalue weighted by molar-refractivity contribution is -0.139. The minimum atomic E-state index is -0.983. The quantitative estimate of drug-likeness (QED) is 0.498. The summed E-state index contributed by atoms with van der Waals surface area (Å²) in [6.45, 7) is 18.0. The van der Waals surface area contributed by atoms with Crippen molar-refractivity contribution in [2.75, 3.05) is 33.9 Å². The number of nitrogens with zero attached hydrogens (tertiary/aromatic N) is 1. The van der Waals surface area contributed by atoms with Crippen molar-refractivity contribution < 1.29 is 19.4 Å². The van der Waals surface area contributed by atoms with Gasteiger partial charge >= 0.3 is 5.97 Å². The van der Waals surface area contributed by atoms with E-state index >= 15 is 0 Å². The SMILES string of the molecule is CC.CN(C)CCOc1ccc(-c2ccc(OCC(=O)O)c(C(C)(C)C)c2)cc1C(C)(C)C. The molecule has 0 saturated heterocycles. The third-order valence-electron chi connectivity index (χ3n) is 5.06. The number of benzene rings is 2. The summed E-state index contributed by atoms with van der Waals surface area (Å²) in [4.78, 5) is 13.1. The largest absolute Gasteiger partial charge is 0.492 e. The van der Waals surface area contributed by atoms with Crippen molar-refractivity contribution in [1.29, 1.82) is 0 Å². The maximum Gasteiger partial charge on any atom is 0.341 e. The number of aliphatic carboxylic acids is 1. The third-order valence-corrected chi connectivity index (χ3v) is 5.06. The van der Waals surface area contributed by atoms with Crippen LogP contribution in [0.25, 0.3) is 11.1 Å². The zero-order valence-electron chi connectivity index (χ0n) is 22.2. The fourth-order valence-corrected chi connectivity index (χ4v) is 3.32. The Kier molecular flexibility index (Phi) is 10.4. The van der Waals surface area contributed by atoms with Crippen LogP contribution in [0.15, 0.2) is 36.4 Å². The number of hydrogen-bond acceptors (Lipinski definition) is 4. The van der Waals surface area contributed by atoms with Crippen LogP contribution >= 0.6 is 0 Å². The first kappa shape index (κ1) is 28.5. The first-order valence-electron chi connectivity index (χ1n) is 11.7. The van der Waals surface area contributed by atoms with Crippen LogP contribution in [-0.2, 0) is 15.6 Å². The first-order valence-corrected chi connectivity index (χ1v) is 11.7. The van der Waals surface area contributed by atoms with E-state index in [-0.39, 0.29) is 17.4 Å². The van der Waals surface area contributed by atoms with Gasteiger partial charge in [0.2, 0.25) is 0 Å². The highest BCUT2D eigenvalue weighted by Gasteiger charge is 2.23. The Hall–Kier alpha value is -2.53. The van der Waals surface area contributed by atoms with Gasteiger partial charge in [0.05, 0.1) is 0 Å². The number of carboxylic acid groups (broad SMARTS) is 1. The molecule has 33 heavy (non-hydrogen) atoms. The molecule has 0 heterocycles. The molecule has 0 bridgehead atoms. The van der Waals surface area contributed by atoms with E-state index in [2.05, 4.69) is 70.7 Å². The Balaban J connectivity index is 0.00000265. The second-order valence-electron chi connectivity index (χ2n) is 10.3. The number of carboxylic acids is 1. The number of hydrogen-bond donors (Lipinski definition) is 1. The molecule has 0 spiro atoms. The maximum atomic E-state index is 11.0. The van der Waals surface area contributed by atoms with E-state index in [1.807, 2.05) is 40.1 Å². The smallest absolute Gasteiger partial charge is 0.341 e. The molecule has 0 atom stereocenters. The molecule has 0 aliphatic rings. The Morgan fingerprint density at radius 3 is 1.61 bits per heavy atom. The fourth-order valence-electron chi connectivity index (χ4n) is 3.32. The average Bonchev–Trinajstić information content (AvgIpc) is 2.72. The molecule has 5 heteroatoms. The predicted octanol–water partition coefficient (Wildman–Crippen LogP) is 6.38. The molecule has 0 aliphatic heterocycles. The molecule has 1 N–H and O–H groups in total. The molecule has 0 amide bonds. The summed E-state index contributed by atoms with van der Waals surface area (Å²) in [6, 6.07) is 12.3. The zero-order valence-corrected chi connectivity index (χ0v) is 22.2. The standard InChI is InChI=1S/C26H37NO4.C2H6/c1-25(2,3)20-15-18(9-11-22(20)30-14-13-27(7)8)19-10-12-23(31-17-24(28)29)21(16-19)26(4,5)6;1-2/h9-12,15-16H,13-14,17H2,1-8H3,(H,28,29);1-2H3. The molecule has 2 aromatic rings. The summed E-state index contributed by atoms with van der Waals surface area (Å²) in [7, 11) is 4.07. The Morgan fingerprint density at radius 1 is 0.818 bits per heavy atom. The van der Waals surface area contributed by atoms with Crippen LogP contribution in [0.4, 0.5) is 0 Å². The van der Waals surface area contributed by atoms with Gasteiger partial charge in [0.15, 0.2) is 6.61 Å². The highest BCUT2D eigenvalue weighted by Crippen LogP contribution is 2.38. The van der Waals surface area contributed by atoms with Crippen LogP contribution in [0.1, 0.15) is 66.5 Å². The minimum Gasteiger partial charge on any atom is -0.492 e. The summed E-state index contributed by atoms with van der Waals surface area (Å²) in [6.07, 6.45) is 0. The predicted molar refractivity (Wildman–Crippen MR) is 138 cm³/mol. The van der Waals surface area contributed by atoms with Gasteiger partial charge in [-0.3, -0.25) is 0 Å². The summed E-state index contributed by atoms with van der Waals surface area (Å²) < 4.78 is 11.7. The van der Waals surface area contributed by atoms with Gasteiger partial charge in [-0.1, -0.05) is 67.5 Å². The Bertz CT molecular complexity index is 905. The van der Waals surface area contributed by atoms with E-state index in [1.54, 1.807) is 0 Å². The first-order chi connectivity index (χ1) is 15.3. The second kappa shape index (κ2) is 12.1. The topological polar surface area (TPSA) is 59.0 Å². The highest BCUT2D eigenvalue weighted by molar-refractivity contribution is 5.70. The summed E-state index contributed by atoms with van der Waals surface area (Å²) in [5.41, 5.74) is 4.05. The van der Waals surface area contributed by atoms with Gasteiger partial charge in [-0.25, -0.2) is 4.79 Å². The van der Waals surface area contributed by atoms with Crippen LogP contribution < -0.4 is 9.47 Å². The lowest BCUT2D eigenvalue weighted by Gasteiger charge is -2.26. The van der Waals surface area contributed by atoms with Crippen LogP contribution in [0.2, 0.25) is 0 Å². The summed E-state index contributed by atoms with van der Waals surface area (Å²) >= 11 is 0. The van der Waals surface area contributed by atoms with Gasteiger partial charge in [-0.15, -0.1) is 0 Å². The third kappa shape index (κ3) is 8.73.